The number of ether oxygens (including phenoxy) is 2. The number of aliphatic hydroxyl groups excluding tert-OH is 1. The Morgan fingerprint density at radius 1 is 1.06 bits per heavy atom. The molecule has 0 aliphatic carbocycles. The van der Waals surface area contributed by atoms with E-state index in [9.17, 15) is 14.7 Å². The highest BCUT2D eigenvalue weighted by Crippen LogP contribution is 2.41. The molecule has 1 aliphatic heterocycles. The Hall–Kier alpha value is -4.20. The van der Waals surface area contributed by atoms with Gasteiger partial charge in [0.15, 0.2) is 0 Å². The molecule has 1 amide bonds. The Balaban J connectivity index is 1.90. The molecule has 4 rings (SSSR count). The minimum Gasteiger partial charge on any atom is -0.507 e. The molecule has 3 aromatic rings. The average Bonchev–Trinajstić information content (AvgIpc) is 3.09. The van der Waals surface area contributed by atoms with E-state index in [4.69, 9.17) is 9.47 Å². The van der Waals surface area contributed by atoms with E-state index in [-0.39, 0.29) is 23.4 Å². The Morgan fingerprint density at radius 2 is 1.91 bits per heavy atom. The maximum absolute atomic E-state index is 13.1. The number of nitrogens with zero attached hydrogens (tertiary/aromatic N) is 3. The van der Waals surface area contributed by atoms with E-state index in [1.54, 1.807) is 67.1 Å². The van der Waals surface area contributed by atoms with Gasteiger partial charge in [0.25, 0.3) is 11.7 Å². The summed E-state index contributed by atoms with van der Waals surface area (Å²) >= 11 is 0. The Morgan fingerprint density at radius 3 is 2.56 bits per heavy atom. The van der Waals surface area contributed by atoms with Crippen molar-refractivity contribution in [3.05, 3.63) is 89.5 Å². The molecule has 1 N–H and O–H groups in total. The highest BCUT2D eigenvalue weighted by Gasteiger charge is 2.46. The molecule has 2 aromatic heterocycles. The molecule has 162 valence electrons. The van der Waals surface area contributed by atoms with Crippen molar-refractivity contribution < 1.29 is 24.2 Å². The maximum Gasteiger partial charge on any atom is 0.296 e. The van der Waals surface area contributed by atoms with Gasteiger partial charge in [-0.3, -0.25) is 19.6 Å². The van der Waals surface area contributed by atoms with Crippen molar-refractivity contribution in [2.45, 2.75) is 12.6 Å². The zero-order valence-electron chi connectivity index (χ0n) is 17.6. The van der Waals surface area contributed by atoms with Crippen molar-refractivity contribution in [2.75, 3.05) is 14.2 Å². The molecule has 32 heavy (non-hydrogen) atoms. The third kappa shape index (κ3) is 3.78. The fourth-order valence-electron chi connectivity index (χ4n) is 3.74. The van der Waals surface area contributed by atoms with Crippen LogP contribution in [0, 0.1) is 0 Å². The molecule has 8 nitrogen and oxygen atoms in total. The van der Waals surface area contributed by atoms with E-state index in [0.717, 1.165) is 0 Å². The lowest BCUT2D eigenvalue weighted by Gasteiger charge is -2.25. The Labute approximate surface area is 184 Å². The lowest BCUT2D eigenvalue weighted by Crippen LogP contribution is -2.29. The van der Waals surface area contributed by atoms with Gasteiger partial charge in [-0.2, -0.15) is 0 Å². The first-order chi connectivity index (χ1) is 15.5. The van der Waals surface area contributed by atoms with Crippen molar-refractivity contribution in [1.29, 1.82) is 0 Å². The van der Waals surface area contributed by atoms with Gasteiger partial charge >= 0.3 is 0 Å². The lowest BCUT2D eigenvalue weighted by molar-refractivity contribution is -0.140. The SMILES string of the molecule is COc1ccc(OC)c(/C(O)=C2\C(=O)C(=O)N(Cc3ccccn3)C2c2cccnc2)c1. The van der Waals surface area contributed by atoms with Crippen LogP contribution in [0.25, 0.3) is 5.76 Å². The van der Waals surface area contributed by atoms with Crippen LogP contribution in [-0.2, 0) is 16.1 Å². The number of aliphatic hydroxyl groups is 1. The second-order valence-corrected chi connectivity index (χ2v) is 7.10. The van der Waals surface area contributed by atoms with Crippen molar-refractivity contribution in [3.63, 3.8) is 0 Å². The largest absolute Gasteiger partial charge is 0.507 e. The van der Waals surface area contributed by atoms with Crippen LogP contribution in [0.4, 0.5) is 0 Å². The van der Waals surface area contributed by atoms with Crippen LogP contribution in [0.5, 0.6) is 11.5 Å². The maximum atomic E-state index is 13.1. The zero-order chi connectivity index (χ0) is 22.7. The standard InChI is InChI=1S/C24H21N3O5/c1-31-17-8-9-19(32-2)18(12-17)22(28)20-21(15-6-5-10-25-13-15)27(24(30)23(20)29)14-16-7-3-4-11-26-16/h3-13,21,28H,14H2,1-2H3/b22-20+. The molecule has 0 spiro atoms. The van der Waals surface area contributed by atoms with Crippen molar-refractivity contribution in [3.8, 4) is 11.5 Å². The average molecular weight is 431 g/mol. The van der Waals surface area contributed by atoms with E-state index in [0.29, 0.717) is 22.8 Å². The fourth-order valence-corrected chi connectivity index (χ4v) is 3.74. The zero-order valence-corrected chi connectivity index (χ0v) is 17.6. The molecule has 1 atom stereocenters. The summed E-state index contributed by atoms with van der Waals surface area (Å²) in [6.07, 6.45) is 4.78. The van der Waals surface area contributed by atoms with Gasteiger partial charge in [-0.25, -0.2) is 0 Å². The molecular weight excluding hydrogens is 410 g/mol. The van der Waals surface area contributed by atoms with E-state index >= 15 is 0 Å². The molecule has 3 heterocycles. The minimum atomic E-state index is -0.846. The number of aromatic nitrogens is 2. The molecule has 0 bridgehead atoms. The normalized spacial score (nSPS) is 17.4. The second kappa shape index (κ2) is 8.89. The van der Waals surface area contributed by atoms with Gasteiger partial charge in [-0.05, 0) is 42.0 Å². The quantitative estimate of drug-likeness (QED) is 0.363. The van der Waals surface area contributed by atoms with Gasteiger partial charge in [0.2, 0.25) is 0 Å². The summed E-state index contributed by atoms with van der Waals surface area (Å²) in [4.78, 5) is 36.0. The number of rotatable bonds is 6. The van der Waals surface area contributed by atoms with E-state index < -0.39 is 17.7 Å². The number of pyridine rings is 2. The number of carbonyl (C=O) groups is 2. The number of methoxy groups -OCH3 is 2. The second-order valence-electron chi connectivity index (χ2n) is 7.10. The molecule has 1 aliphatic rings. The molecule has 1 unspecified atom stereocenters. The van der Waals surface area contributed by atoms with Gasteiger partial charge in [0, 0.05) is 18.6 Å². The van der Waals surface area contributed by atoms with Crippen LogP contribution in [0.3, 0.4) is 0 Å². The topological polar surface area (TPSA) is 102 Å². The molecule has 0 saturated carbocycles. The molecule has 1 fully saturated rings. The number of likely N-dealkylation sites (tertiary alicyclic amines) is 1. The summed E-state index contributed by atoms with van der Waals surface area (Å²) < 4.78 is 10.6. The molecule has 8 heteroatoms. The number of hydrogen-bond donors (Lipinski definition) is 1. The number of benzene rings is 1. The number of amides is 1. The highest BCUT2D eigenvalue weighted by molar-refractivity contribution is 6.46. The first-order valence-electron chi connectivity index (χ1n) is 9.85. The Bertz CT molecular complexity index is 1180. The minimum absolute atomic E-state index is 0.0505. The van der Waals surface area contributed by atoms with Crippen LogP contribution < -0.4 is 9.47 Å². The summed E-state index contributed by atoms with van der Waals surface area (Å²) in [5, 5.41) is 11.3. The Kier molecular flexibility index (Phi) is 5.85. The summed E-state index contributed by atoms with van der Waals surface area (Å²) in [6, 6.07) is 12.8. The van der Waals surface area contributed by atoms with Crippen LogP contribution in [-0.4, -0.2) is 45.9 Å². The van der Waals surface area contributed by atoms with Crippen LogP contribution >= 0.6 is 0 Å². The molecule has 1 saturated heterocycles. The van der Waals surface area contributed by atoms with Gasteiger partial charge in [0.1, 0.15) is 17.3 Å². The first kappa shape index (κ1) is 21.0. The van der Waals surface area contributed by atoms with Crippen molar-refractivity contribution in [1.82, 2.24) is 14.9 Å². The van der Waals surface area contributed by atoms with Gasteiger partial charge in [-0.1, -0.05) is 12.1 Å². The highest BCUT2D eigenvalue weighted by atomic mass is 16.5. The molecule has 1 aromatic carbocycles. The number of hydrogen-bond acceptors (Lipinski definition) is 7. The predicted octanol–water partition coefficient (Wildman–Crippen LogP) is 3.12. The first-order valence-corrected chi connectivity index (χ1v) is 9.85. The predicted molar refractivity (Wildman–Crippen MR) is 116 cm³/mol. The number of ketones is 1. The summed E-state index contributed by atoms with van der Waals surface area (Å²) in [7, 11) is 2.95. The smallest absolute Gasteiger partial charge is 0.296 e. The van der Waals surface area contributed by atoms with Crippen LogP contribution in [0.1, 0.15) is 22.9 Å². The van der Waals surface area contributed by atoms with Crippen molar-refractivity contribution >= 4 is 17.4 Å². The van der Waals surface area contributed by atoms with Crippen molar-refractivity contribution in [2.24, 2.45) is 0 Å². The van der Waals surface area contributed by atoms with Gasteiger partial charge < -0.3 is 19.5 Å². The lowest BCUT2D eigenvalue weighted by atomic mass is 9.96. The van der Waals surface area contributed by atoms with Crippen LogP contribution in [0.15, 0.2) is 72.7 Å². The van der Waals surface area contributed by atoms with E-state index in [1.165, 1.54) is 19.1 Å². The number of Topliss-reactive ketones (excluding diaryl/α,β-unsaturated/α-hetero) is 1. The number of carbonyl (C=O) groups excluding carboxylic acids is 2. The summed E-state index contributed by atoms with van der Waals surface area (Å²) in [5.41, 5.74) is 1.40. The van der Waals surface area contributed by atoms with Crippen LogP contribution in [0.2, 0.25) is 0 Å². The monoisotopic (exact) mass is 431 g/mol. The third-order valence-electron chi connectivity index (χ3n) is 5.26. The van der Waals surface area contributed by atoms with Gasteiger partial charge in [-0.15, -0.1) is 0 Å². The molecule has 0 radical (unpaired) electrons. The van der Waals surface area contributed by atoms with E-state index in [2.05, 4.69) is 9.97 Å². The summed E-state index contributed by atoms with van der Waals surface area (Å²) in [5.74, 6) is -1.07. The van der Waals surface area contributed by atoms with E-state index in [1.807, 2.05) is 0 Å². The summed E-state index contributed by atoms with van der Waals surface area (Å²) in [6.45, 7) is 0.0942. The fraction of sp³-hybridized carbons (Fsp3) is 0.167. The van der Waals surface area contributed by atoms with Gasteiger partial charge in [0.05, 0.1) is 43.6 Å². The third-order valence-corrected chi connectivity index (χ3v) is 5.26. The molecular formula is C24H21N3O5.